The number of anilines is 1. The molecule has 1 aromatic carbocycles. The summed E-state index contributed by atoms with van der Waals surface area (Å²) in [4.78, 5) is 28.4. The van der Waals surface area contributed by atoms with Crippen LogP contribution >= 0.6 is 11.6 Å². The van der Waals surface area contributed by atoms with Gasteiger partial charge in [0.05, 0.1) is 41.3 Å². The van der Waals surface area contributed by atoms with Gasteiger partial charge in [-0.1, -0.05) is 23.7 Å². The van der Waals surface area contributed by atoms with Crippen molar-refractivity contribution in [3.8, 4) is 11.5 Å². The summed E-state index contributed by atoms with van der Waals surface area (Å²) in [5, 5.41) is 3.26. The van der Waals surface area contributed by atoms with Crippen LogP contribution in [0, 0.1) is 6.92 Å². The van der Waals surface area contributed by atoms with E-state index in [-0.39, 0.29) is 5.91 Å². The van der Waals surface area contributed by atoms with Crippen molar-refractivity contribution in [3.05, 3.63) is 64.0 Å². The third kappa shape index (κ3) is 2.34. The highest BCUT2D eigenvalue weighted by Crippen LogP contribution is 2.45. The number of furan rings is 1. The molecular weight excluding hydrogens is 356 g/mol. The van der Waals surface area contributed by atoms with Crippen molar-refractivity contribution in [2.75, 3.05) is 12.4 Å². The number of methoxy groups -OCH3 is 1. The van der Waals surface area contributed by atoms with Gasteiger partial charge in [-0.05, 0) is 30.7 Å². The number of carbonyl (C=O) groups excluding carboxylic acids is 2. The predicted molar refractivity (Wildman–Crippen MR) is 96.5 cm³/mol. The number of esters is 1. The molecular formula is C19H15ClN2O4. The van der Waals surface area contributed by atoms with Crippen LogP contribution in [0.15, 0.2) is 41.0 Å². The Balaban J connectivity index is 2.01. The molecule has 0 fully saturated rings. The average molecular weight is 371 g/mol. The number of aryl methyl sites for hydroxylation is 1. The second-order valence-electron chi connectivity index (χ2n) is 6.01. The maximum atomic E-state index is 12.8. The molecule has 6 nitrogen and oxygen atoms in total. The molecule has 0 spiro atoms. The maximum Gasteiger partial charge on any atom is 0.340 e. The number of hydrogen-bond acceptors (Lipinski definition) is 4. The first-order valence-corrected chi connectivity index (χ1v) is 8.34. The summed E-state index contributed by atoms with van der Waals surface area (Å²) >= 11 is 6.23. The van der Waals surface area contributed by atoms with E-state index in [1.807, 2.05) is 6.07 Å². The van der Waals surface area contributed by atoms with Crippen LogP contribution in [-0.4, -0.2) is 24.0 Å². The third-order valence-corrected chi connectivity index (χ3v) is 4.85. The Morgan fingerprint density at radius 3 is 2.77 bits per heavy atom. The molecule has 0 bridgehead atoms. The van der Waals surface area contributed by atoms with Gasteiger partial charge in [-0.25, -0.2) is 4.79 Å². The molecule has 0 saturated carbocycles. The molecule has 2 N–H and O–H groups in total. The SMILES string of the molecule is COC(=O)c1c(C)[nH]c(-c2ccco2)c1C1C(=O)Nc2c(Cl)cccc21. The van der Waals surface area contributed by atoms with E-state index >= 15 is 0 Å². The number of ether oxygens (including phenoxy) is 1. The number of amides is 1. The lowest BCUT2D eigenvalue weighted by atomic mass is 9.88. The van der Waals surface area contributed by atoms with Gasteiger partial charge in [-0.3, -0.25) is 4.79 Å². The number of para-hydroxylation sites is 1. The number of nitrogens with one attached hydrogen (secondary N) is 2. The Morgan fingerprint density at radius 2 is 2.08 bits per heavy atom. The minimum atomic E-state index is -0.706. The van der Waals surface area contributed by atoms with Gasteiger partial charge in [-0.2, -0.15) is 0 Å². The molecule has 0 saturated heterocycles. The van der Waals surface area contributed by atoms with Crippen LogP contribution in [0.5, 0.6) is 0 Å². The second-order valence-corrected chi connectivity index (χ2v) is 6.42. The first-order chi connectivity index (χ1) is 12.5. The maximum absolute atomic E-state index is 12.8. The first-order valence-electron chi connectivity index (χ1n) is 7.96. The summed E-state index contributed by atoms with van der Waals surface area (Å²) in [5.74, 6) is -0.954. The molecule has 1 atom stereocenters. The van der Waals surface area contributed by atoms with Crippen molar-refractivity contribution < 1.29 is 18.7 Å². The van der Waals surface area contributed by atoms with Crippen LogP contribution in [0.4, 0.5) is 5.69 Å². The smallest absolute Gasteiger partial charge is 0.340 e. The Morgan fingerprint density at radius 1 is 1.27 bits per heavy atom. The number of fused-ring (bicyclic) bond motifs is 1. The largest absolute Gasteiger partial charge is 0.465 e. The van der Waals surface area contributed by atoms with Crippen LogP contribution in [-0.2, 0) is 9.53 Å². The fraction of sp³-hybridized carbons (Fsp3) is 0.158. The number of aromatic amines is 1. The number of halogens is 1. The van der Waals surface area contributed by atoms with E-state index in [0.29, 0.717) is 44.5 Å². The van der Waals surface area contributed by atoms with Crippen molar-refractivity contribution in [1.82, 2.24) is 4.98 Å². The molecule has 4 rings (SSSR count). The topological polar surface area (TPSA) is 84.3 Å². The van der Waals surface area contributed by atoms with Gasteiger partial charge in [-0.15, -0.1) is 0 Å². The zero-order valence-electron chi connectivity index (χ0n) is 14.1. The number of aromatic nitrogens is 1. The summed E-state index contributed by atoms with van der Waals surface area (Å²) in [6, 6.07) is 8.81. The van der Waals surface area contributed by atoms with Crippen molar-refractivity contribution in [3.63, 3.8) is 0 Å². The molecule has 7 heteroatoms. The zero-order chi connectivity index (χ0) is 18.4. The number of H-pyrrole nitrogens is 1. The van der Waals surface area contributed by atoms with Gasteiger partial charge >= 0.3 is 5.97 Å². The minimum Gasteiger partial charge on any atom is -0.465 e. The lowest BCUT2D eigenvalue weighted by Gasteiger charge is -2.12. The minimum absolute atomic E-state index is 0.259. The summed E-state index contributed by atoms with van der Waals surface area (Å²) in [6.45, 7) is 1.76. The van der Waals surface area contributed by atoms with E-state index in [1.165, 1.54) is 13.4 Å². The fourth-order valence-corrected chi connectivity index (χ4v) is 3.68. The molecule has 1 unspecified atom stereocenters. The van der Waals surface area contributed by atoms with Crippen LogP contribution < -0.4 is 5.32 Å². The monoisotopic (exact) mass is 370 g/mol. The van der Waals surface area contributed by atoms with E-state index in [2.05, 4.69) is 10.3 Å². The Bertz CT molecular complexity index is 1020. The summed E-state index contributed by atoms with van der Waals surface area (Å²) < 4.78 is 10.5. The molecule has 26 heavy (non-hydrogen) atoms. The van der Waals surface area contributed by atoms with Crippen LogP contribution in [0.3, 0.4) is 0 Å². The van der Waals surface area contributed by atoms with E-state index in [9.17, 15) is 9.59 Å². The van der Waals surface area contributed by atoms with Crippen LogP contribution in [0.2, 0.25) is 5.02 Å². The van der Waals surface area contributed by atoms with Crippen molar-refractivity contribution in [2.24, 2.45) is 0 Å². The van der Waals surface area contributed by atoms with E-state index in [4.69, 9.17) is 20.8 Å². The van der Waals surface area contributed by atoms with Gasteiger partial charge in [0.15, 0.2) is 0 Å². The molecule has 0 aliphatic carbocycles. The molecule has 132 valence electrons. The molecule has 1 aliphatic heterocycles. The lowest BCUT2D eigenvalue weighted by molar-refractivity contribution is -0.116. The highest BCUT2D eigenvalue weighted by molar-refractivity contribution is 6.34. The molecule has 0 radical (unpaired) electrons. The molecule has 3 heterocycles. The highest BCUT2D eigenvalue weighted by Gasteiger charge is 2.39. The van der Waals surface area contributed by atoms with E-state index < -0.39 is 11.9 Å². The summed E-state index contributed by atoms with van der Waals surface area (Å²) in [7, 11) is 1.31. The number of hydrogen-bond donors (Lipinski definition) is 2. The third-order valence-electron chi connectivity index (χ3n) is 4.54. The number of benzene rings is 1. The van der Waals surface area contributed by atoms with Crippen LogP contribution in [0.1, 0.15) is 33.1 Å². The number of rotatable bonds is 3. The summed E-state index contributed by atoms with van der Waals surface area (Å²) in [5.41, 5.74) is 3.28. The summed E-state index contributed by atoms with van der Waals surface area (Å²) in [6.07, 6.45) is 1.53. The van der Waals surface area contributed by atoms with Crippen molar-refractivity contribution in [2.45, 2.75) is 12.8 Å². The van der Waals surface area contributed by atoms with Crippen molar-refractivity contribution >= 4 is 29.2 Å². The Kier molecular flexibility index (Phi) is 3.85. The van der Waals surface area contributed by atoms with Gasteiger partial charge in [0.2, 0.25) is 5.91 Å². The van der Waals surface area contributed by atoms with Gasteiger partial charge < -0.3 is 19.5 Å². The quantitative estimate of drug-likeness (QED) is 0.679. The number of carbonyl (C=O) groups is 2. The van der Waals surface area contributed by atoms with Crippen molar-refractivity contribution in [1.29, 1.82) is 0 Å². The van der Waals surface area contributed by atoms with E-state index in [1.54, 1.807) is 31.2 Å². The average Bonchev–Trinajstić information content (AvgIpc) is 3.32. The predicted octanol–water partition coefficient (Wildman–Crippen LogP) is 4.11. The Hall–Kier alpha value is -2.99. The second kappa shape index (κ2) is 6.07. The molecule has 1 amide bonds. The van der Waals surface area contributed by atoms with E-state index in [0.717, 1.165) is 0 Å². The normalized spacial score (nSPS) is 15.7. The lowest BCUT2D eigenvalue weighted by Crippen LogP contribution is -2.17. The fourth-order valence-electron chi connectivity index (χ4n) is 3.45. The molecule has 1 aliphatic rings. The molecule has 3 aromatic rings. The van der Waals surface area contributed by atoms with Gasteiger partial charge in [0.25, 0.3) is 0 Å². The van der Waals surface area contributed by atoms with Gasteiger partial charge in [0, 0.05) is 11.3 Å². The van der Waals surface area contributed by atoms with Crippen LogP contribution in [0.25, 0.3) is 11.5 Å². The van der Waals surface area contributed by atoms with Gasteiger partial charge in [0.1, 0.15) is 5.76 Å². The highest BCUT2D eigenvalue weighted by atomic mass is 35.5. The first kappa shape index (κ1) is 16.5. The zero-order valence-corrected chi connectivity index (χ0v) is 14.8. The molecule has 2 aromatic heterocycles. The Labute approximate surface area is 154 Å². The standard InChI is InChI=1S/C19H15ClN2O4/c1-9-13(19(24)25-2)15(17(21-9)12-7-4-8-26-12)14-10-5-3-6-11(20)16(10)22-18(14)23/h3-8,14,21H,1-2H3,(H,22,23).